The molecule has 1 aliphatic heterocycles. The third kappa shape index (κ3) is 3.05. The molecule has 0 aliphatic carbocycles. The molecule has 0 saturated carbocycles. The highest BCUT2D eigenvalue weighted by Crippen LogP contribution is 2.20. The Morgan fingerprint density at radius 1 is 1.35 bits per heavy atom. The largest absolute Gasteiger partial charge is 0.463 e. The fourth-order valence-corrected chi connectivity index (χ4v) is 2.49. The maximum atomic E-state index is 11.9. The summed E-state index contributed by atoms with van der Waals surface area (Å²) in [5, 5.41) is 2.54. The lowest BCUT2D eigenvalue weighted by Crippen LogP contribution is -2.55. The van der Waals surface area contributed by atoms with Crippen molar-refractivity contribution in [1.29, 1.82) is 0 Å². The molecule has 2 aromatic rings. The molecule has 0 spiro atoms. The minimum atomic E-state index is 0.0211. The molecule has 0 radical (unpaired) electrons. The Bertz CT molecular complexity index is 590. The second-order valence-electron chi connectivity index (χ2n) is 4.53. The Balaban J connectivity index is 1.47. The van der Waals surface area contributed by atoms with Crippen molar-refractivity contribution < 1.29 is 9.53 Å². The Hall–Kier alpha value is -2.14. The molecule has 0 unspecified atom stereocenters. The molecule has 5 heteroatoms. The quantitative estimate of drug-likeness (QED) is 0.811. The first kappa shape index (κ1) is 12.9. The summed E-state index contributed by atoms with van der Waals surface area (Å²) >= 11 is 1.47. The van der Waals surface area contributed by atoms with Gasteiger partial charge in [-0.15, -0.1) is 0 Å². The smallest absolute Gasteiger partial charge is 0.273 e. The lowest BCUT2D eigenvalue weighted by molar-refractivity contribution is -0.134. The van der Waals surface area contributed by atoms with Crippen LogP contribution in [-0.2, 0) is 4.79 Å². The Kier molecular flexibility index (Phi) is 3.78. The molecule has 0 N–H and O–H groups in total. The molecule has 3 rings (SSSR count). The van der Waals surface area contributed by atoms with Gasteiger partial charge in [-0.3, -0.25) is 4.79 Å². The number of hydrogen-bond donors (Lipinski definition) is 0. The van der Waals surface area contributed by atoms with E-state index < -0.39 is 0 Å². The number of nitrogens with zero attached hydrogens (tertiary/aromatic N) is 2. The summed E-state index contributed by atoms with van der Waals surface area (Å²) in [7, 11) is 0. The van der Waals surface area contributed by atoms with Crippen molar-refractivity contribution in [3.8, 4) is 5.19 Å². The van der Waals surface area contributed by atoms with Gasteiger partial charge in [-0.2, -0.15) is 0 Å². The van der Waals surface area contributed by atoms with Crippen LogP contribution in [0.25, 0.3) is 6.08 Å². The molecule has 1 saturated heterocycles. The van der Waals surface area contributed by atoms with E-state index in [9.17, 15) is 4.79 Å². The van der Waals surface area contributed by atoms with Crippen molar-refractivity contribution >= 4 is 23.3 Å². The molecule has 1 aromatic heterocycles. The standard InChI is InChI=1S/C15H14N2O2S/c18-14(7-6-12-4-2-1-3-5-12)17-10-13(11-17)19-15-16-8-9-20-15/h1-9,13H,10-11H2. The number of carbonyl (C=O) groups is 1. The fraction of sp³-hybridized carbons (Fsp3) is 0.200. The zero-order chi connectivity index (χ0) is 13.8. The first-order valence-corrected chi connectivity index (χ1v) is 7.27. The topological polar surface area (TPSA) is 42.4 Å². The lowest BCUT2D eigenvalue weighted by atomic mass is 10.1. The monoisotopic (exact) mass is 286 g/mol. The van der Waals surface area contributed by atoms with Gasteiger partial charge in [0.1, 0.15) is 6.10 Å². The highest BCUT2D eigenvalue weighted by molar-refractivity contribution is 7.11. The zero-order valence-electron chi connectivity index (χ0n) is 10.8. The van der Waals surface area contributed by atoms with Gasteiger partial charge in [-0.25, -0.2) is 4.98 Å². The number of amides is 1. The minimum absolute atomic E-state index is 0.0211. The van der Waals surface area contributed by atoms with E-state index in [0.717, 1.165) is 5.56 Å². The highest BCUT2D eigenvalue weighted by atomic mass is 32.1. The third-order valence-electron chi connectivity index (χ3n) is 3.05. The van der Waals surface area contributed by atoms with Gasteiger partial charge < -0.3 is 9.64 Å². The van der Waals surface area contributed by atoms with Crippen molar-refractivity contribution in [2.24, 2.45) is 0 Å². The van der Waals surface area contributed by atoms with Crippen LogP contribution in [0.4, 0.5) is 0 Å². The second-order valence-corrected chi connectivity index (χ2v) is 5.38. The van der Waals surface area contributed by atoms with Crippen molar-refractivity contribution in [3.63, 3.8) is 0 Å². The predicted octanol–water partition coefficient (Wildman–Crippen LogP) is 2.45. The molecule has 20 heavy (non-hydrogen) atoms. The summed E-state index contributed by atoms with van der Waals surface area (Å²) < 4.78 is 5.62. The molecular weight excluding hydrogens is 272 g/mol. The van der Waals surface area contributed by atoms with Crippen LogP contribution in [0.15, 0.2) is 48.0 Å². The van der Waals surface area contributed by atoms with E-state index in [2.05, 4.69) is 4.98 Å². The van der Waals surface area contributed by atoms with Crippen LogP contribution in [0.2, 0.25) is 0 Å². The van der Waals surface area contributed by atoms with Crippen molar-refractivity contribution in [1.82, 2.24) is 9.88 Å². The molecule has 0 bridgehead atoms. The average molecular weight is 286 g/mol. The van der Waals surface area contributed by atoms with Crippen LogP contribution in [0.5, 0.6) is 5.19 Å². The Labute approximate surface area is 121 Å². The first-order chi connectivity index (χ1) is 9.81. The molecule has 102 valence electrons. The van der Waals surface area contributed by atoms with E-state index in [4.69, 9.17) is 4.74 Å². The summed E-state index contributed by atoms with van der Waals surface area (Å²) in [4.78, 5) is 17.7. The highest BCUT2D eigenvalue weighted by Gasteiger charge is 2.31. The minimum Gasteiger partial charge on any atom is -0.463 e. The lowest BCUT2D eigenvalue weighted by Gasteiger charge is -2.37. The molecule has 0 atom stereocenters. The maximum absolute atomic E-state index is 11.9. The summed E-state index contributed by atoms with van der Waals surface area (Å²) in [6.07, 6.45) is 5.21. The van der Waals surface area contributed by atoms with Crippen LogP contribution in [0, 0.1) is 0 Å². The zero-order valence-corrected chi connectivity index (χ0v) is 11.6. The maximum Gasteiger partial charge on any atom is 0.273 e. The predicted molar refractivity (Wildman–Crippen MR) is 78.6 cm³/mol. The summed E-state index contributed by atoms with van der Waals surface area (Å²) in [6.45, 7) is 1.25. The second kappa shape index (κ2) is 5.88. The van der Waals surface area contributed by atoms with Crippen molar-refractivity contribution in [2.45, 2.75) is 6.10 Å². The van der Waals surface area contributed by atoms with Gasteiger partial charge in [0.15, 0.2) is 0 Å². The van der Waals surface area contributed by atoms with Gasteiger partial charge >= 0.3 is 0 Å². The van der Waals surface area contributed by atoms with Gasteiger partial charge in [-0.1, -0.05) is 41.7 Å². The van der Waals surface area contributed by atoms with Crippen LogP contribution in [0.1, 0.15) is 5.56 Å². The number of aromatic nitrogens is 1. The number of carbonyl (C=O) groups excluding carboxylic acids is 1. The van der Waals surface area contributed by atoms with E-state index in [1.54, 1.807) is 17.2 Å². The van der Waals surface area contributed by atoms with E-state index >= 15 is 0 Å². The van der Waals surface area contributed by atoms with Gasteiger partial charge in [0.25, 0.3) is 5.19 Å². The van der Waals surface area contributed by atoms with Gasteiger partial charge in [-0.05, 0) is 11.6 Å². The normalized spacial score (nSPS) is 15.3. The van der Waals surface area contributed by atoms with E-state index in [1.807, 2.05) is 41.8 Å². The van der Waals surface area contributed by atoms with Gasteiger partial charge in [0, 0.05) is 17.7 Å². The van der Waals surface area contributed by atoms with Crippen molar-refractivity contribution in [2.75, 3.05) is 13.1 Å². The van der Waals surface area contributed by atoms with E-state index in [-0.39, 0.29) is 12.0 Å². The van der Waals surface area contributed by atoms with Crippen molar-refractivity contribution in [3.05, 3.63) is 53.5 Å². The molecule has 1 aliphatic rings. The number of hydrogen-bond acceptors (Lipinski definition) is 4. The van der Waals surface area contributed by atoms with Crippen LogP contribution < -0.4 is 4.74 Å². The van der Waals surface area contributed by atoms with Crippen LogP contribution in [-0.4, -0.2) is 35.0 Å². The van der Waals surface area contributed by atoms with E-state index in [1.165, 1.54) is 11.3 Å². The molecule has 1 amide bonds. The van der Waals surface area contributed by atoms with Gasteiger partial charge in [0.05, 0.1) is 13.1 Å². The summed E-state index contributed by atoms with van der Waals surface area (Å²) in [6, 6.07) is 9.79. The van der Waals surface area contributed by atoms with E-state index in [0.29, 0.717) is 18.3 Å². The Morgan fingerprint density at radius 3 is 2.85 bits per heavy atom. The number of benzene rings is 1. The third-order valence-corrected chi connectivity index (χ3v) is 3.72. The first-order valence-electron chi connectivity index (χ1n) is 6.39. The Morgan fingerprint density at radius 2 is 2.15 bits per heavy atom. The summed E-state index contributed by atoms with van der Waals surface area (Å²) in [5.41, 5.74) is 1.02. The SMILES string of the molecule is O=C(C=Cc1ccccc1)N1CC(Oc2nccs2)C1. The fourth-order valence-electron chi connectivity index (χ4n) is 1.94. The molecule has 1 aromatic carbocycles. The molecule has 2 heterocycles. The molecular formula is C15H14N2O2S. The number of ether oxygens (including phenoxy) is 1. The molecule has 1 fully saturated rings. The average Bonchev–Trinajstić information content (AvgIpc) is 2.94. The van der Waals surface area contributed by atoms with Gasteiger partial charge in [0.2, 0.25) is 5.91 Å². The molecule has 4 nitrogen and oxygen atoms in total. The number of rotatable bonds is 4. The number of likely N-dealkylation sites (tertiary alicyclic amines) is 1. The number of thiazole rings is 1. The van der Waals surface area contributed by atoms with Crippen LogP contribution >= 0.6 is 11.3 Å². The summed E-state index contributed by atoms with van der Waals surface area (Å²) in [5.74, 6) is 0.0211. The van der Waals surface area contributed by atoms with Crippen LogP contribution in [0.3, 0.4) is 0 Å².